The van der Waals surface area contributed by atoms with E-state index in [1.807, 2.05) is 11.8 Å². The van der Waals surface area contributed by atoms with Crippen molar-refractivity contribution in [2.75, 3.05) is 203 Å². The third-order valence-corrected chi connectivity index (χ3v) is 13.5. The molecule has 0 aliphatic carbocycles. The summed E-state index contributed by atoms with van der Waals surface area (Å²) in [5.41, 5.74) is 5.85. The standard InChI is InChI=1S/C55H98N6O20S/c1-70-21-22-72-25-26-74-29-30-76-33-34-78-37-38-80-41-42-81-40-39-79-36-35-77-32-31-75-28-27-73-24-23-71-20-15-46(63)9-3-2-4-11-48(59-54(68)49(45-56)61-51(65)13-14-52(61)66)53(67)58-47(50(64)12-7-19-62)10-5-6-16-57-55(69)60-17-8-43-82-44-18-60/h13-14,47-49,62H,2-12,15-45,56H2,1H3,(H,57,69)(H,58,67)(H,59,68)/t47?,48-,49-/m0/s1. The van der Waals surface area contributed by atoms with Gasteiger partial charge in [0, 0.05) is 77.1 Å². The molecular formula is C55H98N6O20S. The molecule has 0 aromatic heterocycles. The van der Waals surface area contributed by atoms with Crippen molar-refractivity contribution in [1.82, 2.24) is 25.8 Å². The number of methoxy groups -OCH3 is 1. The predicted molar refractivity (Wildman–Crippen MR) is 303 cm³/mol. The fraction of sp³-hybridized carbons (Fsp3) is 0.836. The van der Waals surface area contributed by atoms with Crippen molar-refractivity contribution in [3.8, 4) is 0 Å². The molecule has 474 valence electrons. The van der Waals surface area contributed by atoms with Crippen molar-refractivity contribution in [3.05, 3.63) is 12.2 Å². The van der Waals surface area contributed by atoms with Crippen LogP contribution in [0.4, 0.5) is 4.79 Å². The molecule has 82 heavy (non-hydrogen) atoms. The first-order valence-electron chi connectivity index (χ1n) is 29.1. The van der Waals surface area contributed by atoms with Gasteiger partial charge in [-0.2, -0.15) is 11.8 Å². The minimum atomic E-state index is -1.38. The summed E-state index contributed by atoms with van der Waals surface area (Å²) in [5.74, 6) is -1.25. The van der Waals surface area contributed by atoms with Gasteiger partial charge in [-0.3, -0.25) is 33.7 Å². The number of hydrogen-bond donors (Lipinski definition) is 5. The normalized spacial score (nSPS) is 14.7. The Hall–Kier alpha value is -3.78. The number of aliphatic hydroxyl groups excluding tert-OH is 1. The fourth-order valence-electron chi connectivity index (χ4n) is 7.93. The fourth-order valence-corrected chi connectivity index (χ4v) is 8.82. The van der Waals surface area contributed by atoms with Crippen molar-refractivity contribution in [2.24, 2.45) is 5.73 Å². The average molecular weight is 1200 g/mol. The van der Waals surface area contributed by atoms with E-state index in [4.69, 9.17) is 62.6 Å². The summed E-state index contributed by atoms with van der Waals surface area (Å²) in [6, 6.07) is -3.61. The van der Waals surface area contributed by atoms with Gasteiger partial charge in [0.1, 0.15) is 17.9 Å². The first-order valence-corrected chi connectivity index (χ1v) is 30.2. The number of nitrogens with one attached hydrogen (secondary N) is 3. The second-order valence-electron chi connectivity index (χ2n) is 18.8. The van der Waals surface area contributed by atoms with Gasteiger partial charge in [0.2, 0.25) is 11.8 Å². The second kappa shape index (κ2) is 52.7. The zero-order valence-corrected chi connectivity index (χ0v) is 49.5. The van der Waals surface area contributed by atoms with Gasteiger partial charge < -0.3 is 88.5 Å². The topological polar surface area (TPSA) is 319 Å². The van der Waals surface area contributed by atoms with E-state index >= 15 is 0 Å². The highest BCUT2D eigenvalue weighted by molar-refractivity contribution is 7.99. The number of nitrogens with two attached hydrogens (primary N) is 1. The highest BCUT2D eigenvalue weighted by Gasteiger charge is 2.37. The molecule has 2 rings (SSSR count). The van der Waals surface area contributed by atoms with Crippen LogP contribution in [0.3, 0.4) is 0 Å². The van der Waals surface area contributed by atoms with E-state index in [9.17, 15) is 38.7 Å². The van der Waals surface area contributed by atoms with Gasteiger partial charge in [0.15, 0.2) is 5.78 Å². The molecule has 1 fully saturated rings. The van der Waals surface area contributed by atoms with Crippen LogP contribution in [-0.2, 0) is 85.6 Å². The summed E-state index contributed by atoms with van der Waals surface area (Å²) in [4.78, 5) is 93.4. The summed E-state index contributed by atoms with van der Waals surface area (Å²) < 4.78 is 65.2. The van der Waals surface area contributed by atoms with Crippen LogP contribution in [0.2, 0.25) is 0 Å². The monoisotopic (exact) mass is 1190 g/mol. The van der Waals surface area contributed by atoms with E-state index in [-0.39, 0.29) is 75.9 Å². The zero-order valence-electron chi connectivity index (χ0n) is 48.7. The molecule has 0 aromatic rings. The van der Waals surface area contributed by atoms with Gasteiger partial charge in [-0.25, -0.2) is 4.79 Å². The maximum Gasteiger partial charge on any atom is 0.317 e. The highest BCUT2D eigenvalue weighted by atomic mass is 32.2. The number of urea groups is 1. The number of unbranched alkanes of at least 4 members (excludes halogenated alkanes) is 3. The van der Waals surface area contributed by atoms with Gasteiger partial charge in [-0.15, -0.1) is 0 Å². The third-order valence-electron chi connectivity index (χ3n) is 12.4. The number of thioether (sulfide) groups is 1. The summed E-state index contributed by atoms with van der Waals surface area (Å²) in [6.07, 6.45) is 6.61. The quantitative estimate of drug-likeness (QED) is 0.0411. The lowest BCUT2D eigenvalue weighted by Gasteiger charge is -2.27. The molecule has 0 saturated carbocycles. The number of carbonyl (C=O) groups is 7. The Balaban J connectivity index is 1.52. The van der Waals surface area contributed by atoms with E-state index in [0.717, 1.165) is 35.0 Å². The van der Waals surface area contributed by atoms with Crippen LogP contribution < -0.4 is 21.7 Å². The van der Waals surface area contributed by atoms with Crippen LogP contribution in [0.15, 0.2) is 12.2 Å². The molecule has 0 bridgehead atoms. The number of hydrogen-bond acceptors (Lipinski definition) is 22. The molecule has 6 N–H and O–H groups in total. The zero-order chi connectivity index (χ0) is 59.4. The molecule has 1 saturated heterocycles. The molecular weight excluding hydrogens is 1100 g/mol. The number of imide groups is 1. The number of rotatable bonds is 57. The number of nitrogens with zero attached hydrogens (tertiary/aromatic N) is 2. The van der Waals surface area contributed by atoms with E-state index in [1.54, 1.807) is 12.0 Å². The number of Topliss-reactive ketones (excluding diaryl/α,β-unsaturated/α-hetero) is 2. The molecule has 3 atom stereocenters. The van der Waals surface area contributed by atoms with E-state index in [0.29, 0.717) is 197 Å². The van der Waals surface area contributed by atoms with E-state index < -0.39 is 41.8 Å². The lowest BCUT2D eigenvalue weighted by atomic mass is 10.00. The van der Waals surface area contributed by atoms with Gasteiger partial charge in [0.25, 0.3) is 11.8 Å². The molecule has 2 aliphatic heterocycles. The van der Waals surface area contributed by atoms with Gasteiger partial charge in [-0.05, 0) is 50.7 Å². The SMILES string of the molecule is COCCOCCOCCOCCOCCOCCOCCOCCOCCOCCOCCOCCC(=O)CCCCC[C@H](NC(=O)[C@H](CN)N1C(=O)C=CC1=O)C(=O)NC(CCCCNC(=O)N1CCCSCC1)C(=O)CCCO. The van der Waals surface area contributed by atoms with Crippen molar-refractivity contribution < 1.29 is 95.5 Å². The van der Waals surface area contributed by atoms with E-state index in [2.05, 4.69) is 16.0 Å². The Morgan fingerprint density at radius 2 is 0.988 bits per heavy atom. The van der Waals surface area contributed by atoms with Crippen molar-refractivity contribution >= 4 is 53.0 Å². The number of ether oxygens (including phenoxy) is 12. The van der Waals surface area contributed by atoms with Gasteiger partial charge >= 0.3 is 6.03 Å². The number of aliphatic hydroxyl groups is 1. The second-order valence-corrected chi connectivity index (χ2v) is 20.1. The number of amides is 6. The van der Waals surface area contributed by atoms with Crippen molar-refractivity contribution in [1.29, 1.82) is 0 Å². The first-order chi connectivity index (χ1) is 40.1. The molecule has 6 amide bonds. The minimum absolute atomic E-state index is 0.00794. The molecule has 0 aromatic carbocycles. The predicted octanol–water partition coefficient (Wildman–Crippen LogP) is 0.607. The lowest BCUT2D eigenvalue weighted by Crippen LogP contribution is -2.58. The first kappa shape index (κ1) is 74.3. The molecule has 0 spiro atoms. The average Bonchev–Trinajstić information content (AvgIpc) is 3.72. The molecule has 27 heteroatoms. The largest absolute Gasteiger partial charge is 0.396 e. The van der Waals surface area contributed by atoms with Crippen LogP contribution in [-0.4, -0.2) is 278 Å². The Labute approximate surface area is 489 Å². The maximum atomic E-state index is 13.9. The Bertz CT molecular complexity index is 1700. The van der Waals surface area contributed by atoms with E-state index in [1.165, 1.54) is 0 Å². The van der Waals surface area contributed by atoms with Crippen LogP contribution in [0.5, 0.6) is 0 Å². The van der Waals surface area contributed by atoms with Crippen molar-refractivity contribution in [2.45, 2.75) is 95.2 Å². The summed E-state index contributed by atoms with van der Waals surface area (Å²) in [7, 11) is 1.63. The molecule has 1 unspecified atom stereocenters. The molecule has 2 aliphatic rings. The van der Waals surface area contributed by atoms with Gasteiger partial charge in [-0.1, -0.05) is 12.8 Å². The third kappa shape index (κ3) is 39.0. The summed E-state index contributed by atoms with van der Waals surface area (Å²) in [5, 5.41) is 17.8. The Morgan fingerprint density at radius 3 is 1.46 bits per heavy atom. The van der Waals surface area contributed by atoms with Crippen LogP contribution in [0.25, 0.3) is 0 Å². The Kier molecular flexibility index (Phi) is 47.8. The number of ketones is 2. The lowest BCUT2D eigenvalue weighted by molar-refractivity contribution is -0.145. The molecule has 2 heterocycles. The molecule has 0 radical (unpaired) electrons. The van der Waals surface area contributed by atoms with Crippen LogP contribution in [0.1, 0.15) is 77.0 Å². The van der Waals surface area contributed by atoms with Crippen LogP contribution >= 0.6 is 11.8 Å². The van der Waals surface area contributed by atoms with Crippen LogP contribution in [0, 0.1) is 0 Å². The smallest absolute Gasteiger partial charge is 0.317 e. The minimum Gasteiger partial charge on any atom is -0.396 e. The number of carbonyl (C=O) groups excluding carboxylic acids is 7. The Morgan fingerprint density at radius 1 is 0.537 bits per heavy atom. The maximum absolute atomic E-state index is 13.9. The highest BCUT2D eigenvalue weighted by Crippen LogP contribution is 2.14. The van der Waals surface area contributed by atoms with Gasteiger partial charge in [0.05, 0.1) is 158 Å². The summed E-state index contributed by atoms with van der Waals surface area (Å²) in [6.45, 7) is 11.5. The van der Waals surface area contributed by atoms with Crippen molar-refractivity contribution in [3.63, 3.8) is 0 Å². The molecule has 26 nitrogen and oxygen atoms in total. The summed E-state index contributed by atoms with van der Waals surface area (Å²) >= 11 is 1.82.